The molecule has 92 valence electrons. The van der Waals surface area contributed by atoms with E-state index in [9.17, 15) is 9.59 Å². The van der Waals surface area contributed by atoms with Crippen molar-refractivity contribution >= 4 is 12.0 Å². The van der Waals surface area contributed by atoms with Crippen LogP contribution in [-0.2, 0) is 4.79 Å². The van der Waals surface area contributed by atoms with Crippen LogP contribution in [0.15, 0.2) is 0 Å². The van der Waals surface area contributed by atoms with Crippen molar-refractivity contribution in [3.05, 3.63) is 0 Å². The molecule has 0 unspecified atom stereocenters. The first-order chi connectivity index (χ1) is 7.50. The van der Waals surface area contributed by atoms with Crippen LogP contribution >= 0.6 is 0 Å². The van der Waals surface area contributed by atoms with E-state index in [1.807, 2.05) is 0 Å². The zero-order chi connectivity index (χ0) is 12.1. The van der Waals surface area contributed by atoms with E-state index in [0.717, 1.165) is 19.3 Å². The Morgan fingerprint density at radius 2 is 2.06 bits per heavy atom. The molecule has 1 aliphatic rings. The standard InChI is InChI=1S/C11H20N2O3/c1-8(2)5-6-12-11(16)13(7-10(14)15)9-3-4-9/h8-9H,3-7H2,1-2H3,(H,12,16)(H,14,15). The number of hydrogen-bond donors (Lipinski definition) is 2. The van der Waals surface area contributed by atoms with Gasteiger partial charge in [-0.25, -0.2) is 4.79 Å². The number of carboxylic acid groups (broad SMARTS) is 1. The molecular formula is C11H20N2O3. The van der Waals surface area contributed by atoms with Gasteiger partial charge >= 0.3 is 12.0 Å². The largest absolute Gasteiger partial charge is 0.480 e. The summed E-state index contributed by atoms with van der Waals surface area (Å²) in [5.74, 6) is -0.417. The topological polar surface area (TPSA) is 69.6 Å². The fourth-order valence-corrected chi connectivity index (χ4v) is 1.47. The van der Waals surface area contributed by atoms with Crippen molar-refractivity contribution < 1.29 is 14.7 Å². The summed E-state index contributed by atoms with van der Waals surface area (Å²) >= 11 is 0. The van der Waals surface area contributed by atoms with E-state index in [0.29, 0.717) is 12.5 Å². The number of rotatable bonds is 6. The second-order valence-electron chi connectivity index (χ2n) is 4.67. The summed E-state index contributed by atoms with van der Waals surface area (Å²) in [4.78, 5) is 23.7. The van der Waals surface area contributed by atoms with Crippen LogP contribution in [-0.4, -0.2) is 41.1 Å². The van der Waals surface area contributed by atoms with E-state index >= 15 is 0 Å². The Kier molecular flexibility index (Phi) is 4.58. The van der Waals surface area contributed by atoms with Gasteiger partial charge in [0.05, 0.1) is 0 Å². The fourth-order valence-electron chi connectivity index (χ4n) is 1.47. The Morgan fingerprint density at radius 3 is 2.50 bits per heavy atom. The van der Waals surface area contributed by atoms with Crippen molar-refractivity contribution in [3.8, 4) is 0 Å². The molecule has 0 aromatic rings. The molecule has 16 heavy (non-hydrogen) atoms. The molecule has 0 spiro atoms. The number of nitrogens with one attached hydrogen (secondary N) is 1. The minimum Gasteiger partial charge on any atom is -0.480 e. The van der Waals surface area contributed by atoms with Gasteiger partial charge in [-0.15, -0.1) is 0 Å². The van der Waals surface area contributed by atoms with Gasteiger partial charge in [0.25, 0.3) is 0 Å². The van der Waals surface area contributed by atoms with Gasteiger partial charge in [-0.2, -0.15) is 0 Å². The van der Waals surface area contributed by atoms with Crippen molar-refractivity contribution in [1.82, 2.24) is 10.2 Å². The van der Waals surface area contributed by atoms with E-state index in [2.05, 4.69) is 19.2 Å². The lowest BCUT2D eigenvalue weighted by Crippen LogP contribution is -2.44. The van der Waals surface area contributed by atoms with Gasteiger partial charge in [0.1, 0.15) is 6.54 Å². The summed E-state index contributed by atoms with van der Waals surface area (Å²) in [5, 5.41) is 11.5. The lowest BCUT2D eigenvalue weighted by Gasteiger charge is -2.20. The summed E-state index contributed by atoms with van der Waals surface area (Å²) in [6.07, 6.45) is 2.76. The molecule has 1 saturated carbocycles. The van der Waals surface area contributed by atoms with Gasteiger partial charge in [0, 0.05) is 12.6 Å². The predicted molar refractivity (Wildman–Crippen MR) is 60.2 cm³/mol. The van der Waals surface area contributed by atoms with E-state index in [-0.39, 0.29) is 18.6 Å². The van der Waals surface area contributed by atoms with Crippen molar-refractivity contribution in [1.29, 1.82) is 0 Å². The van der Waals surface area contributed by atoms with Crippen LogP contribution in [0.25, 0.3) is 0 Å². The van der Waals surface area contributed by atoms with Gasteiger partial charge in [-0.1, -0.05) is 13.8 Å². The molecule has 0 aliphatic heterocycles. The summed E-state index contributed by atoms with van der Waals surface area (Å²) < 4.78 is 0. The Hall–Kier alpha value is -1.26. The minimum absolute atomic E-state index is 0.134. The Balaban J connectivity index is 2.32. The molecule has 2 N–H and O–H groups in total. The third-order valence-electron chi connectivity index (χ3n) is 2.55. The number of urea groups is 1. The first-order valence-electron chi connectivity index (χ1n) is 5.77. The molecule has 0 bridgehead atoms. The number of carbonyl (C=O) groups is 2. The van der Waals surface area contributed by atoms with Gasteiger partial charge in [-0.05, 0) is 25.2 Å². The molecule has 5 nitrogen and oxygen atoms in total. The quantitative estimate of drug-likeness (QED) is 0.719. The van der Waals surface area contributed by atoms with E-state index in [1.54, 1.807) is 0 Å². The van der Waals surface area contributed by atoms with Gasteiger partial charge in [0.15, 0.2) is 0 Å². The number of aliphatic carboxylic acids is 1. The number of carbonyl (C=O) groups excluding carboxylic acids is 1. The van der Waals surface area contributed by atoms with Crippen LogP contribution < -0.4 is 5.32 Å². The maximum absolute atomic E-state index is 11.7. The maximum atomic E-state index is 11.7. The second kappa shape index (κ2) is 5.72. The molecule has 0 aromatic heterocycles. The van der Waals surface area contributed by atoms with Crippen LogP contribution in [0.5, 0.6) is 0 Å². The lowest BCUT2D eigenvalue weighted by molar-refractivity contribution is -0.137. The molecule has 5 heteroatoms. The highest BCUT2D eigenvalue weighted by Gasteiger charge is 2.33. The molecule has 1 fully saturated rings. The fraction of sp³-hybridized carbons (Fsp3) is 0.818. The van der Waals surface area contributed by atoms with Crippen LogP contribution in [0.4, 0.5) is 4.79 Å². The molecule has 0 saturated heterocycles. The summed E-state index contributed by atoms with van der Waals surface area (Å²) in [6, 6.07) is -0.110. The van der Waals surface area contributed by atoms with Gasteiger partial charge in [0.2, 0.25) is 0 Å². The van der Waals surface area contributed by atoms with E-state index in [1.165, 1.54) is 4.90 Å². The molecule has 1 aliphatic carbocycles. The molecule has 0 aromatic carbocycles. The monoisotopic (exact) mass is 228 g/mol. The molecular weight excluding hydrogens is 208 g/mol. The van der Waals surface area contributed by atoms with E-state index < -0.39 is 5.97 Å². The number of hydrogen-bond acceptors (Lipinski definition) is 2. The third-order valence-corrected chi connectivity index (χ3v) is 2.55. The zero-order valence-electron chi connectivity index (χ0n) is 9.90. The van der Waals surface area contributed by atoms with Crippen molar-refractivity contribution in [3.63, 3.8) is 0 Å². The highest BCUT2D eigenvalue weighted by Crippen LogP contribution is 2.26. The first kappa shape index (κ1) is 12.8. The molecule has 0 heterocycles. The van der Waals surface area contributed by atoms with E-state index in [4.69, 9.17) is 5.11 Å². The first-order valence-corrected chi connectivity index (χ1v) is 5.77. The van der Waals surface area contributed by atoms with Crippen molar-refractivity contribution in [2.45, 2.75) is 39.2 Å². The molecule has 0 radical (unpaired) electrons. The summed E-state index contributed by atoms with van der Waals surface area (Å²) in [5.41, 5.74) is 0. The van der Waals surface area contributed by atoms with Gasteiger partial charge in [-0.3, -0.25) is 4.79 Å². The molecule has 1 rings (SSSR count). The zero-order valence-corrected chi connectivity index (χ0v) is 9.90. The summed E-state index contributed by atoms with van der Waals surface area (Å²) in [7, 11) is 0. The van der Waals surface area contributed by atoms with Crippen molar-refractivity contribution in [2.24, 2.45) is 5.92 Å². The average Bonchev–Trinajstić information content (AvgIpc) is 2.96. The van der Waals surface area contributed by atoms with Crippen LogP contribution in [0, 0.1) is 5.92 Å². The van der Waals surface area contributed by atoms with Gasteiger partial charge < -0.3 is 15.3 Å². The predicted octanol–water partition coefficient (Wildman–Crippen LogP) is 1.29. The summed E-state index contributed by atoms with van der Waals surface area (Å²) in [6.45, 7) is 4.58. The van der Waals surface area contributed by atoms with Crippen LogP contribution in [0.3, 0.4) is 0 Å². The normalized spacial score (nSPS) is 14.9. The van der Waals surface area contributed by atoms with Crippen LogP contribution in [0.2, 0.25) is 0 Å². The number of carboxylic acids is 1. The highest BCUT2D eigenvalue weighted by atomic mass is 16.4. The number of nitrogens with zero attached hydrogens (tertiary/aromatic N) is 1. The highest BCUT2D eigenvalue weighted by molar-refractivity contribution is 5.80. The maximum Gasteiger partial charge on any atom is 0.323 e. The van der Waals surface area contributed by atoms with Crippen molar-refractivity contribution in [2.75, 3.05) is 13.1 Å². The number of amides is 2. The minimum atomic E-state index is -0.953. The second-order valence-corrected chi connectivity index (χ2v) is 4.67. The molecule has 2 amide bonds. The Labute approximate surface area is 95.8 Å². The third kappa shape index (κ3) is 4.51. The Bertz CT molecular complexity index is 262. The average molecular weight is 228 g/mol. The smallest absolute Gasteiger partial charge is 0.323 e. The SMILES string of the molecule is CC(C)CCNC(=O)N(CC(=O)O)C1CC1. The molecule has 0 atom stereocenters. The Morgan fingerprint density at radius 1 is 1.44 bits per heavy atom. The van der Waals surface area contributed by atoms with Crippen LogP contribution in [0.1, 0.15) is 33.1 Å². The lowest BCUT2D eigenvalue weighted by atomic mass is 10.1.